The first-order valence-corrected chi connectivity index (χ1v) is 8.91. The van der Waals surface area contributed by atoms with Crippen LogP contribution >= 0.6 is 0 Å². The number of hydrogen-bond acceptors (Lipinski definition) is 3. The maximum atomic E-state index is 12.1. The summed E-state index contributed by atoms with van der Waals surface area (Å²) in [6.07, 6.45) is 0.987. The number of sulfonamides is 1. The first kappa shape index (κ1) is 18.4. The molecule has 6 nitrogen and oxygen atoms in total. The molecule has 0 saturated carbocycles. The summed E-state index contributed by atoms with van der Waals surface area (Å²) in [7, 11) is -1.77. The van der Waals surface area contributed by atoms with Crippen molar-refractivity contribution in [2.45, 2.75) is 38.1 Å². The van der Waals surface area contributed by atoms with Crippen LogP contribution in [0, 0.1) is 6.92 Å². The zero-order chi connectivity index (χ0) is 16.6. The molecule has 1 aromatic rings. The summed E-state index contributed by atoms with van der Waals surface area (Å²) in [6.45, 7) is 6.82. The molecule has 1 unspecified atom stereocenters. The highest BCUT2D eigenvalue weighted by molar-refractivity contribution is 7.89. The summed E-state index contributed by atoms with van der Waals surface area (Å²) in [5, 5.41) is 6.29. The van der Waals surface area contributed by atoms with Crippen molar-refractivity contribution in [2.24, 2.45) is 4.99 Å². The van der Waals surface area contributed by atoms with Crippen molar-refractivity contribution in [2.75, 3.05) is 20.1 Å². The smallest absolute Gasteiger partial charge is 0.240 e. The van der Waals surface area contributed by atoms with Crippen molar-refractivity contribution >= 4 is 16.0 Å². The average Bonchev–Trinajstić information content (AvgIpc) is 2.50. The normalized spacial score (nSPS) is 13.7. The van der Waals surface area contributed by atoms with Gasteiger partial charge in [0.1, 0.15) is 0 Å². The minimum absolute atomic E-state index is 0.278. The molecule has 0 heterocycles. The number of nitrogens with one attached hydrogen (secondary N) is 3. The Morgan fingerprint density at radius 3 is 2.41 bits per heavy atom. The Hall–Kier alpha value is -1.60. The van der Waals surface area contributed by atoms with E-state index in [1.54, 1.807) is 31.3 Å². The van der Waals surface area contributed by atoms with Crippen molar-refractivity contribution < 1.29 is 8.42 Å². The molecule has 0 radical (unpaired) electrons. The predicted octanol–water partition coefficient (Wildman–Crippen LogP) is 1.24. The first-order chi connectivity index (χ1) is 10.4. The van der Waals surface area contributed by atoms with E-state index in [4.69, 9.17) is 0 Å². The molecule has 1 rings (SSSR count). The molecular formula is C15H26N4O2S. The fourth-order valence-corrected chi connectivity index (χ4v) is 2.73. The molecule has 0 aliphatic heterocycles. The van der Waals surface area contributed by atoms with Gasteiger partial charge in [0, 0.05) is 26.2 Å². The second-order valence-electron chi connectivity index (χ2n) is 5.16. The molecule has 3 N–H and O–H groups in total. The van der Waals surface area contributed by atoms with Crippen LogP contribution in [0.25, 0.3) is 0 Å². The van der Waals surface area contributed by atoms with E-state index in [9.17, 15) is 8.42 Å². The minimum atomic E-state index is -3.46. The topological polar surface area (TPSA) is 82.6 Å². The maximum absolute atomic E-state index is 12.1. The van der Waals surface area contributed by atoms with Gasteiger partial charge in [0.15, 0.2) is 5.96 Å². The fraction of sp³-hybridized carbons (Fsp3) is 0.533. The van der Waals surface area contributed by atoms with Gasteiger partial charge >= 0.3 is 0 Å². The fourth-order valence-electron chi connectivity index (χ4n) is 1.70. The van der Waals surface area contributed by atoms with Crippen molar-refractivity contribution in [1.82, 2.24) is 15.4 Å². The van der Waals surface area contributed by atoms with E-state index in [2.05, 4.69) is 34.2 Å². The third-order valence-corrected chi connectivity index (χ3v) is 4.74. The van der Waals surface area contributed by atoms with E-state index >= 15 is 0 Å². The standard InChI is InChI=1S/C15H26N4O2S/c1-5-13(3)19-15(16-4)17-10-11-18-22(20,21)14-8-6-12(2)7-9-14/h6-9,13,18H,5,10-11H2,1-4H3,(H2,16,17,19). The molecule has 0 bridgehead atoms. The van der Waals surface area contributed by atoms with Gasteiger partial charge in [-0.05, 0) is 32.4 Å². The summed E-state index contributed by atoms with van der Waals surface area (Å²) in [4.78, 5) is 4.37. The van der Waals surface area contributed by atoms with Crippen molar-refractivity contribution in [3.8, 4) is 0 Å². The highest BCUT2D eigenvalue weighted by Crippen LogP contribution is 2.09. The molecule has 22 heavy (non-hydrogen) atoms. The monoisotopic (exact) mass is 326 g/mol. The molecule has 0 saturated heterocycles. The zero-order valence-electron chi connectivity index (χ0n) is 13.7. The number of aryl methyl sites for hydroxylation is 1. The van der Waals surface area contributed by atoms with Gasteiger partial charge in [0.05, 0.1) is 4.90 Å². The molecule has 124 valence electrons. The molecule has 1 aromatic carbocycles. The SMILES string of the molecule is CCC(C)NC(=NC)NCCNS(=O)(=O)c1ccc(C)cc1. The lowest BCUT2D eigenvalue weighted by molar-refractivity contribution is 0.579. The van der Waals surface area contributed by atoms with E-state index in [0.29, 0.717) is 18.5 Å². The van der Waals surface area contributed by atoms with Crippen LogP contribution in [0.1, 0.15) is 25.8 Å². The van der Waals surface area contributed by atoms with Gasteiger partial charge in [-0.2, -0.15) is 0 Å². The number of benzene rings is 1. The van der Waals surface area contributed by atoms with Gasteiger partial charge in [-0.15, -0.1) is 0 Å². The summed E-state index contributed by atoms with van der Waals surface area (Å²) in [5.74, 6) is 0.670. The van der Waals surface area contributed by atoms with Gasteiger partial charge in [0.2, 0.25) is 10.0 Å². The van der Waals surface area contributed by atoms with Gasteiger partial charge in [-0.25, -0.2) is 13.1 Å². The Kier molecular flexibility index (Phi) is 7.34. The average molecular weight is 326 g/mol. The van der Waals surface area contributed by atoms with Crippen LogP contribution in [0.4, 0.5) is 0 Å². The number of rotatable bonds is 7. The Labute approximate surface area is 133 Å². The third kappa shape index (κ3) is 6.03. The molecular weight excluding hydrogens is 300 g/mol. The Morgan fingerprint density at radius 1 is 1.23 bits per heavy atom. The van der Waals surface area contributed by atoms with Gasteiger partial charge in [-0.1, -0.05) is 24.6 Å². The molecule has 7 heteroatoms. The number of hydrogen-bond donors (Lipinski definition) is 3. The van der Waals surface area contributed by atoms with Crippen molar-refractivity contribution in [3.63, 3.8) is 0 Å². The van der Waals surface area contributed by atoms with Gasteiger partial charge in [-0.3, -0.25) is 4.99 Å². The van der Waals surface area contributed by atoms with Crippen LogP contribution in [0.5, 0.6) is 0 Å². The minimum Gasteiger partial charge on any atom is -0.355 e. The molecule has 0 aliphatic carbocycles. The second-order valence-corrected chi connectivity index (χ2v) is 6.93. The lowest BCUT2D eigenvalue weighted by atomic mass is 10.2. The quantitative estimate of drug-likeness (QED) is 0.400. The van der Waals surface area contributed by atoms with Gasteiger partial charge < -0.3 is 10.6 Å². The van der Waals surface area contributed by atoms with Crippen LogP contribution in [0.2, 0.25) is 0 Å². The van der Waals surface area contributed by atoms with Crippen LogP contribution in [0.3, 0.4) is 0 Å². The van der Waals surface area contributed by atoms with E-state index in [0.717, 1.165) is 12.0 Å². The highest BCUT2D eigenvalue weighted by Gasteiger charge is 2.12. The summed E-state index contributed by atoms with van der Waals surface area (Å²) >= 11 is 0. The number of guanidine groups is 1. The molecule has 0 aliphatic rings. The Bertz CT molecular complexity index is 582. The molecule has 0 amide bonds. The Balaban J connectivity index is 2.44. The molecule has 0 fully saturated rings. The molecule has 0 spiro atoms. The third-order valence-electron chi connectivity index (χ3n) is 3.26. The summed E-state index contributed by atoms with van der Waals surface area (Å²) in [6, 6.07) is 7.09. The lowest BCUT2D eigenvalue weighted by Gasteiger charge is -2.16. The highest BCUT2D eigenvalue weighted by atomic mass is 32.2. The van der Waals surface area contributed by atoms with E-state index < -0.39 is 10.0 Å². The molecule has 1 atom stereocenters. The largest absolute Gasteiger partial charge is 0.355 e. The predicted molar refractivity (Wildman–Crippen MR) is 90.6 cm³/mol. The van der Waals surface area contributed by atoms with Crippen LogP contribution < -0.4 is 15.4 Å². The Morgan fingerprint density at radius 2 is 1.86 bits per heavy atom. The van der Waals surface area contributed by atoms with Crippen molar-refractivity contribution in [3.05, 3.63) is 29.8 Å². The number of nitrogens with zero attached hydrogens (tertiary/aromatic N) is 1. The van der Waals surface area contributed by atoms with E-state index in [-0.39, 0.29) is 11.4 Å². The second kappa shape index (κ2) is 8.75. The van der Waals surface area contributed by atoms with Crippen molar-refractivity contribution in [1.29, 1.82) is 0 Å². The number of aliphatic imine (C=N–C) groups is 1. The lowest BCUT2D eigenvalue weighted by Crippen LogP contribution is -2.44. The van der Waals surface area contributed by atoms with Crippen LogP contribution in [-0.4, -0.2) is 40.6 Å². The maximum Gasteiger partial charge on any atom is 0.240 e. The summed E-state index contributed by atoms with van der Waals surface area (Å²) in [5.41, 5.74) is 1.03. The molecule has 0 aromatic heterocycles. The zero-order valence-corrected chi connectivity index (χ0v) is 14.5. The van der Waals surface area contributed by atoms with Gasteiger partial charge in [0.25, 0.3) is 0 Å². The van der Waals surface area contributed by atoms with Crippen LogP contribution in [-0.2, 0) is 10.0 Å². The van der Waals surface area contributed by atoms with E-state index in [1.165, 1.54) is 0 Å². The summed E-state index contributed by atoms with van der Waals surface area (Å²) < 4.78 is 26.8. The first-order valence-electron chi connectivity index (χ1n) is 7.42. The van der Waals surface area contributed by atoms with E-state index in [1.807, 2.05) is 6.92 Å². The van der Waals surface area contributed by atoms with Crippen LogP contribution in [0.15, 0.2) is 34.2 Å².